The number of nitrogens with zero attached hydrogens (tertiary/aromatic N) is 3. The monoisotopic (exact) mass is 336 g/mol. The summed E-state index contributed by atoms with van der Waals surface area (Å²) in [5, 5.41) is 8.07. The van der Waals surface area contributed by atoms with Gasteiger partial charge in [-0.15, -0.1) is 0 Å². The van der Waals surface area contributed by atoms with Crippen molar-refractivity contribution in [3.8, 4) is 0 Å². The fourth-order valence-corrected chi connectivity index (χ4v) is 2.60. The SMILES string of the molecule is CCNC(Cc1ccc(Br)cn1)c1cc(C)nn1CC. The molecule has 2 aromatic heterocycles. The van der Waals surface area contributed by atoms with E-state index in [9.17, 15) is 0 Å². The van der Waals surface area contributed by atoms with E-state index in [0.29, 0.717) is 0 Å². The molecule has 0 amide bonds. The number of nitrogens with one attached hydrogen (secondary N) is 1. The van der Waals surface area contributed by atoms with E-state index in [1.54, 1.807) is 0 Å². The maximum absolute atomic E-state index is 4.54. The summed E-state index contributed by atoms with van der Waals surface area (Å²) in [6.07, 6.45) is 2.72. The van der Waals surface area contributed by atoms with E-state index in [1.165, 1.54) is 5.69 Å². The number of aryl methyl sites for hydroxylation is 2. The Morgan fingerprint density at radius 3 is 2.75 bits per heavy atom. The van der Waals surface area contributed by atoms with Crippen LogP contribution < -0.4 is 5.32 Å². The number of aromatic nitrogens is 3. The van der Waals surface area contributed by atoms with Gasteiger partial charge in [0.2, 0.25) is 0 Å². The topological polar surface area (TPSA) is 42.7 Å². The Hall–Kier alpha value is -1.20. The van der Waals surface area contributed by atoms with Gasteiger partial charge in [0.25, 0.3) is 0 Å². The predicted octanol–water partition coefficient (Wildman–Crippen LogP) is 3.26. The summed E-state index contributed by atoms with van der Waals surface area (Å²) in [4.78, 5) is 4.47. The van der Waals surface area contributed by atoms with E-state index in [0.717, 1.165) is 35.4 Å². The van der Waals surface area contributed by atoms with Crippen molar-refractivity contribution in [3.63, 3.8) is 0 Å². The van der Waals surface area contributed by atoms with E-state index in [4.69, 9.17) is 0 Å². The maximum atomic E-state index is 4.54. The molecule has 0 aliphatic carbocycles. The third-order valence-corrected chi connectivity index (χ3v) is 3.71. The highest BCUT2D eigenvalue weighted by molar-refractivity contribution is 9.10. The second-order valence-corrected chi connectivity index (χ2v) is 5.72. The first kappa shape index (κ1) is 15.2. The summed E-state index contributed by atoms with van der Waals surface area (Å²) in [6, 6.07) is 6.51. The number of likely N-dealkylation sites (N-methyl/N-ethyl adjacent to an activating group) is 1. The van der Waals surface area contributed by atoms with Gasteiger partial charge in [0.1, 0.15) is 0 Å². The molecule has 20 heavy (non-hydrogen) atoms. The lowest BCUT2D eigenvalue weighted by atomic mass is 10.1. The van der Waals surface area contributed by atoms with Gasteiger partial charge in [-0.3, -0.25) is 9.67 Å². The molecule has 0 saturated carbocycles. The Morgan fingerprint density at radius 2 is 2.15 bits per heavy atom. The molecule has 0 aliphatic rings. The highest BCUT2D eigenvalue weighted by Crippen LogP contribution is 2.19. The van der Waals surface area contributed by atoms with Gasteiger partial charge in [0, 0.05) is 29.3 Å². The molecule has 1 atom stereocenters. The molecule has 0 aliphatic heterocycles. The van der Waals surface area contributed by atoms with Crippen molar-refractivity contribution >= 4 is 15.9 Å². The summed E-state index contributed by atoms with van der Waals surface area (Å²) < 4.78 is 3.08. The predicted molar refractivity (Wildman–Crippen MR) is 84.7 cm³/mol. The molecular formula is C15H21BrN4. The third-order valence-electron chi connectivity index (χ3n) is 3.24. The number of rotatable bonds is 6. The van der Waals surface area contributed by atoms with Crippen molar-refractivity contribution < 1.29 is 0 Å². The van der Waals surface area contributed by atoms with Gasteiger partial charge in [-0.25, -0.2) is 0 Å². The summed E-state index contributed by atoms with van der Waals surface area (Å²) in [6.45, 7) is 8.10. The van der Waals surface area contributed by atoms with Crippen LogP contribution in [0.2, 0.25) is 0 Å². The van der Waals surface area contributed by atoms with Crippen LogP contribution in [0.25, 0.3) is 0 Å². The second-order valence-electron chi connectivity index (χ2n) is 4.81. The molecule has 0 bridgehead atoms. The molecule has 0 aromatic carbocycles. The molecule has 1 unspecified atom stereocenters. The minimum absolute atomic E-state index is 0.245. The van der Waals surface area contributed by atoms with E-state index in [1.807, 2.05) is 19.2 Å². The van der Waals surface area contributed by atoms with Crippen molar-refractivity contribution in [1.82, 2.24) is 20.1 Å². The fourth-order valence-electron chi connectivity index (χ4n) is 2.36. The van der Waals surface area contributed by atoms with Crippen molar-refractivity contribution in [3.05, 3.63) is 46.0 Å². The van der Waals surface area contributed by atoms with Crippen LogP contribution in [0, 0.1) is 6.92 Å². The lowest BCUT2D eigenvalue weighted by Gasteiger charge is -2.18. The van der Waals surface area contributed by atoms with Gasteiger partial charge in [-0.2, -0.15) is 5.10 Å². The van der Waals surface area contributed by atoms with E-state index in [-0.39, 0.29) is 6.04 Å². The Morgan fingerprint density at radius 1 is 1.35 bits per heavy atom. The highest BCUT2D eigenvalue weighted by atomic mass is 79.9. The molecule has 0 spiro atoms. The molecule has 4 nitrogen and oxygen atoms in total. The summed E-state index contributed by atoms with van der Waals surface area (Å²) >= 11 is 3.42. The average Bonchev–Trinajstić information content (AvgIpc) is 2.82. The van der Waals surface area contributed by atoms with E-state index in [2.05, 4.69) is 62.0 Å². The van der Waals surface area contributed by atoms with Crippen molar-refractivity contribution in [2.45, 2.75) is 39.8 Å². The van der Waals surface area contributed by atoms with Crippen molar-refractivity contribution in [2.75, 3.05) is 6.54 Å². The normalized spacial score (nSPS) is 12.6. The minimum Gasteiger partial charge on any atom is -0.309 e. The fraction of sp³-hybridized carbons (Fsp3) is 0.467. The van der Waals surface area contributed by atoms with Gasteiger partial charge in [0.15, 0.2) is 0 Å². The number of pyridine rings is 1. The summed E-state index contributed by atoms with van der Waals surface area (Å²) in [7, 11) is 0. The van der Waals surface area contributed by atoms with Gasteiger partial charge >= 0.3 is 0 Å². The van der Waals surface area contributed by atoms with Crippen LogP contribution in [0.15, 0.2) is 28.9 Å². The standard InChI is InChI=1S/C15H21BrN4/c1-4-17-14(9-13-7-6-12(16)10-18-13)15-8-11(3)19-20(15)5-2/h6-8,10,14,17H,4-5,9H2,1-3H3. The summed E-state index contributed by atoms with van der Waals surface area (Å²) in [5.41, 5.74) is 3.38. The zero-order chi connectivity index (χ0) is 14.5. The third kappa shape index (κ3) is 3.67. The molecule has 5 heteroatoms. The van der Waals surface area contributed by atoms with E-state index < -0.39 is 0 Å². The van der Waals surface area contributed by atoms with Crippen LogP contribution in [0.5, 0.6) is 0 Å². The molecule has 0 saturated heterocycles. The average molecular weight is 337 g/mol. The molecule has 2 rings (SSSR count). The van der Waals surface area contributed by atoms with Crippen LogP contribution in [0.1, 0.15) is 37.0 Å². The van der Waals surface area contributed by atoms with Gasteiger partial charge < -0.3 is 5.32 Å². The molecule has 0 radical (unpaired) electrons. The van der Waals surface area contributed by atoms with Crippen LogP contribution in [-0.2, 0) is 13.0 Å². The Bertz CT molecular complexity index is 548. The largest absolute Gasteiger partial charge is 0.309 e. The first-order valence-corrected chi connectivity index (χ1v) is 7.81. The quantitative estimate of drug-likeness (QED) is 0.880. The maximum Gasteiger partial charge on any atom is 0.0597 e. The molecule has 0 fully saturated rings. The first-order valence-electron chi connectivity index (χ1n) is 7.02. The van der Waals surface area contributed by atoms with Gasteiger partial charge in [0.05, 0.1) is 17.4 Å². The number of hydrogen-bond donors (Lipinski definition) is 1. The van der Waals surface area contributed by atoms with Gasteiger partial charge in [-0.1, -0.05) is 6.92 Å². The molecule has 2 heterocycles. The Labute approximate surface area is 128 Å². The second kappa shape index (κ2) is 6.99. The highest BCUT2D eigenvalue weighted by Gasteiger charge is 2.17. The van der Waals surface area contributed by atoms with Crippen molar-refractivity contribution in [2.24, 2.45) is 0 Å². The molecular weight excluding hydrogens is 316 g/mol. The van der Waals surface area contributed by atoms with Crippen LogP contribution >= 0.6 is 15.9 Å². The van der Waals surface area contributed by atoms with E-state index >= 15 is 0 Å². The van der Waals surface area contributed by atoms with Gasteiger partial charge in [-0.05, 0) is 54.5 Å². The van der Waals surface area contributed by atoms with Crippen LogP contribution in [0.4, 0.5) is 0 Å². The molecule has 1 N–H and O–H groups in total. The number of hydrogen-bond acceptors (Lipinski definition) is 3. The van der Waals surface area contributed by atoms with Crippen molar-refractivity contribution in [1.29, 1.82) is 0 Å². The van der Waals surface area contributed by atoms with Crippen LogP contribution in [0.3, 0.4) is 0 Å². The first-order chi connectivity index (χ1) is 9.63. The zero-order valence-electron chi connectivity index (χ0n) is 12.2. The molecule has 108 valence electrons. The minimum atomic E-state index is 0.245. The molecule has 2 aromatic rings. The zero-order valence-corrected chi connectivity index (χ0v) is 13.8. The number of halogens is 1. The Kier molecular flexibility index (Phi) is 5.31. The van der Waals surface area contributed by atoms with Crippen LogP contribution in [-0.4, -0.2) is 21.3 Å². The Balaban J connectivity index is 2.23. The summed E-state index contributed by atoms with van der Waals surface area (Å²) in [5.74, 6) is 0. The lowest BCUT2D eigenvalue weighted by molar-refractivity contribution is 0.486. The smallest absolute Gasteiger partial charge is 0.0597 e. The lowest BCUT2D eigenvalue weighted by Crippen LogP contribution is -2.26.